The Bertz CT molecular complexity index is 542. The van der Waals surface area contributed by atoms with E-state index in [9.17, 15) is 8.42 Å². The number of sulfonamides is 1. The predicted octanol–water partition coefficient (Wildman–Crippen LogP) is 2.38. The molecule has 0 amide bonds. The molecule has 0 aliphatic heterocycles. The third-order valence-electron chi connectivity index (χ3n) is 3.59. The number of hydrogen-bond acceptors (Lipinski definition) is 3. The maximum absolute atomic E-state index is 12.2. The van der Waals surface area contributed by atoms with Crippen LogP contribution >= 0.6 is 15.9 Å². The molecule has 6 heteroatoms. The Labute approximate surface area is 122 Å². The van der Waals surface area contributed by atoms with Crippen LogP contribution in [0.25, 0.3) is 0 Å². The van der Waals surface area contributed by atoms with Crippen molar-refractivity contribution in [3.63, 3.8) is 0 Å². The highest BCUT2D eigenvalue weighted by Gasteiger charge is 2.20. The van der Waals surface area contributed by atoms with Crippen LogP contribution in [-0.2, 0) is 16.6 Å². The lowest BCUT2D eigenvalue weighted by Crippen LogP contribution is -2.27. The fourth-order valence-electron chi connectivity index (χ4n) is 2.15. The van der Waals surface area contributed by atoms with Gasteiger partial charge >= 0.3 is 0 Å². The van der Waals surface area contributed by atoms with Gasteiger partial charge in [0.2, 0.25) is 10.0 Å². The van der Waals surface area contributed by atoms with Crippen LogP contribution in [0.2, 0.25) is 0 Å². The quantitative estimate of drug-likeness (QED) is 0.830. The highest BCUT2D eigenvalue weighted by Crippen LogP contribution is 2.29. The molecule has 1 aliphatic carbocycles. The van der Waals surface area contributed by atoms with E-state index in [1.807, 2.05) is 0 Å². The van der Waals surface area contributed by atoms with E-state index < -0.39 is 10.0 Å². The monoisotopic (exact) mass is 346 g/mol. The SMILES string of the molecule is NCc1ccc(S(=O)(=O)NCCC2CCC2)c(Br)c1. The fraction of sp³-hybridized carbons (Fsp3) is 0.538. The molecular formula is C13H19BrN2O2S. The Morgan fingerprint density at radius 1 is 1.37 bits per heavy atom. The molecule has 1 fully saturated rings. The third kappa shape index (κ3) is 3.78. The first-order chi connectivity index (χ1) is 9.03. The first-order valence-electron chi connectivity index (χ1n) is 6.51. The van der Waals surface area contributed by atoms with Gasteiger partial charge < -0.3 is 5.73 Å². The van der Waals surface area contributed by atoms with Gasteiger partial charge in [-0.15, -0.1) is 0 Å². The number of benzene rings is 1. The third-order valence-corrected chi connectivity index (χ3v) is 6.03. The molecule has 4 nitrogen and oxygen atoms in total. The summed E-state index contributed by atoms with van der Waals surface area (Å²) in [7, 11) is -3.43. The molecule has 19 heavy (non-hydrogen) atoms. The standard InChI is InChI=1S/C13H19BrN2O2S/c14-12-8-11(9-15)4-5-13(12)19(17,18)16-7-6-10-2-1-3-10/h4-5,8,10,16H,1-3,6-7,9,15H2. The normalized spacial score (nSPS) is 16.3. The van der Waals surface area contributed by atoms with E-state index in [1.165, 1.54) is 19.3 Å². The molecule has 3 N–H and O–H groups in total. The summed E-state index contributed by atoms with van der Waals surface area (Å²) in [5.41, 5.74) is 6.43. The minimum Gasteiger partial charge on any atom is -0.326 e. The average Bonchev–Trinajstić information content (AvgIpc) is 2.31. The van der Waals surface area contributed by atoms with Crippen LogP contribution in [0.5, 0.6) is 0 Å². The van der Waals surface area contributed by atoms with Gasteiger partial charge in [0.05, 0.1) is 4.90 Å². The molecule has 0 atom stereocenters. The Hall–Kier alpha value is -0.430. The van der Waals surface area contributed by atoms with Crippen molar-refractivity contribution in [2.24, 2.45) is 11.7 Å². The Morgan fingerprint density at radius 3 is 2.63 bits per heavy atom. The van der Waals surface area contributed by atoms with Gasteiger partial charge in [-0.1, -0.05) is 25.3 Å². The van der Waals surface area contributed by atoms with Crippen molar-refractivity contribution in [2.45, 2.75) is 37.1 Å². The van der Waals surface area contributed by atoms with Gasteiger partial charge in [-0.2, -0.15) is 0 Å². The van der Waals surface area contributed by atoms with Crippen LogP contribution in [0, 0.1) is 5.92 Å². The van der Waals surface area contributed by atoms with Crippen molar-refractivity contribution in [3.8, 4) is 0 Å². The summed E-state index contributed by atoms with van der Waals surface area (Å²) in [6, 6.07) is 5.09. The van der Waals surface area contributed by atoms with Crippen LogP contribution in [0.15, 0.2) is 27.6 Å². The lowest BCUT2D eigenvalue weighted by molar-refractivity contribution is 0.297. The number of hydrogen-bond donors (Lipinski definition) is 2. The molecule has 106 valence electrons. The molecule has 2 rings (SSSR count). The van der Waals surface area contributed by atoms with E-state index in [4.69, 9.17) is 5.73 Å². The summed E-state index contributed by atoms with van der Waals surface area (Å²) in [5.74, 6) is 0.700. The van der Waals surface area contributed by atoms with Gasteiger partial charge in [-0.3, -0.25) is 0 Å². The van der Waals surface area contributed by atoms with E-state index in [1.54, 1.807) is 18.2 Å². The van der Waals surface area contributed by atoms with Crippen molar-refractivity contribution in [1.29, 1.82) is 0 Å². The van der Waals surface area contributed by atoms with E-state index in [0.717, 1.165) is 12.0 Å². The summed E-state index contributed by atoms with van der Waals surface area (Å²) in [4.78, 5) is 0.276. The molecule has 0 aromatic heterocycles. The number of nitrogens with two attached hydrogens (primary N) is 1. The highest BCUT2D eigenvalue weighted by molar-refractivity contribution is 9.10. The van der Waals surface area contributed by atoms with Crippen LogP contribution in [0.4, 0.5) is 0 Å². The summed E-state index contributed by atoms with van der Waals surface area (Å²) in [6.07, 6.45) is 4.68. The molecule has 0 heterocycles. The Kier molecular flexibility index (Phi) is 5.00. The minimum atomic E-state index is -3.43. The zero-order valence-electron chi connectivity index (χ0n) is 10.7. The zero-order chi connectivity index (χ0) is 13.9. The highest BCUT2D eigenvalue weighted by atomic mass is 79.9. The van der Waals surface area contributed by atoms with Crippen LogP contribution < -0.4 is 10.5 Å². The van der Waals surface area contributed by atoms with E-state index in [2.05, 4.69) is 20.7 Å². The number of halogens is 1. The largest absolute Gasteiger partial charge is 0.326 e. The maximum atomic E-state index is 12.2. The second kappa shape index (κ2) is 6.35. The molecule has 0 unspecified atom stereocenters. The van der Waals surface area contributed by atoms with Crippen molar-refractivity contribution in [2.75, 3.05) is 6.54 Å². The van der Waals surface area contributed by atoms with Gasteiger partial charge in [-0.05, 0) is 46.0 Å². The van der Waals surface area contributed by atoms with Gasteiger partial charge in [0.15, 0.2) is 0 Å². The minimum absolute atomic E-state index is 0.276. The topological polar surface area (TPSA) is 72.2 Å². The fourth-order valence-corrected chi connectivity index (χ4v) is 4.32. The van der Waals surface area contributed by atoms with Crippen LogP contribution in [0.3, 0.4) is 0 Å². The smallest absolute Gasteiger partial charge is 0.241 e. The maximum Gasteiger partial charge on any atom is 0.241 e. The Morgan fingerprint density at radius 2 is 2.11 bits per heavy atom. The van der Waals surface area contributed by atoms with Crippen LogP contribution in [-0.4, -0.2) is 15.0 Å². The lowest BCUT2D eigenvalue weighted by Gasteiger charge is -2.25. The molecular weight excluding hydrogens is 328 g/mol. The Balaban J connectivity index is 2.01. The summed E-state index contributed by atoms with van der Waals surface area (Å²) in [5, 5.41) is 0. The van der Waals surface area contributed by atoms with Crippen molar-refractivity contribution in [3.05, 3.63) is 28.2 Å². The molecule has 0 radical (unpaired) electrons. The van der Waals surface area contributed by atoms with Crippen molar-refractivity contribution >= 4 is 26.0 Å². The average molecular weight is 347 g/mol. The summed E-state index contributed by atoms with van der Waals surface area (Å²) < 4.78 is 27.6. The molecule has 0 bridgehead atoms. The van der Waals surface area contributed by atoms with E-state index in [-0.39, 0.29) is 4.90 Å². The summed E-state index contributed by atoms with van der Waals surface area (Å²) in [6.45, 7) is 0.909. The molecule has 1 saturated carbocycles. The first-order valence-corrected chi connectivity index (χ1v) is 8.78. The van der Waals surface area contributed by atoms with Crippen molar-refractivity contribution in [1.82, 2.24) is 4.72 Å². The molecule has 0 saturated heterocycles. The lowest BCUT2D eigenvalue weighted by atomic mass is 9.83. The van der Waals surface area contributed by atoms with Gasteiger partial charge in [0.25, 0.3) is 0 Å². The van der Waals surface area contributed by atoms with E-state index in [0.29, 0.717) is 23.5 Å². The number of rotatable bonds is 6. The zero-order valence-corrected chi connectivity index (χ0v) is 13.1. The van der Waals surface area contributed by atoms with Gasteiger partial charge in [0, 0.05) is 17.6 Å². The second-order valence-corrected chi connectivity index (χ2v) is 7.54. The molecule has 1 aliphatic rings. The summed E-state index contributed by atoms with van der Waals surface area (Å²) >= 11 is 3.29. The van der Waals surface area contributed by atoms with Gasteiger partial charge in [0.1, 0.15) is 0 Å². The first kappa shape index (κ1) is 15.0. The van der Waals surface area contributed by atoms with Crippen LogP contribution in [0.1, 0.15) is 31.2 Å². The predicted molar refractivity (Wildman–Crippen MR) is 79.2 cm³/mol. The molecule has 1 aromatic rings. The number of nitrogens with one attached hydrogen (secondary N) is 1. The molecule has 1 aromatic carbocycles. The van der Waals surface area contributed by atoms with Crippen molar-refractivity contribution < 1.29 is 8.42 Å². The molecule has 0 spiro atoms. The second-order valence-electron chi connectivity index (χ2n) is 4.95. The van der Waals surface area contributed by atoms with E-state index >= 15 is 0 Å². The van der Waals surface area contributed by atoms with Gasteiger partial charge in [-0.25, -0.2) is 13.1 Å².